The van der Waals surface area contributed by atoms with Crippen molar-refractivity contribution in [3.63, 3.8) is 0 Å². The Bertz CT molecular complexity index is 671. The predicted molar refractivity (Wildman–Crippen MR) is 102 cm³/mol. The molecule has 0 saturated heterocycles. The summed E-state index contributed by atoms with van der Waals surface area (Å²) in [6.45, 7) is 3.82. The van der Waals surface area contributed by atoms with Crippen LogP contribution in [0.3, 0.4) is 0 Å². The third kappa shape index (κ3) is 8.96. The molecule has 2 N–H and O–H groups in total. The molecule has 0 radical (unpaired) electrons. The summed E-state index contributed by atoms with van der Waals surface area (Å²) in [5.74, 6) is 0.952. The zero-order valence-corrected chi connectivity index (χ0v) is 14.5. The van der Waals surface area contributed by atoms with Crippen molar-refractivity contribution in [2.24, 2.45) is 5.92 Å². The van der Waals surface area contributed by atoms with Gasteiger partial charge in [-0.1, -0.05) is 80.6 Å². The quantitative estimate of drug-likeness (QED) is 0.624. The van der Waals surface area contributed by atoms with Gasteiger partial charge in [0, 0.05) is 11.5 Å². The summed E-state index contributed by atoms with van der Waals surface area (Å²) < 4.78 is 0. The Morgan fingerprint density at radius 1 is 0.640 bits per heavy atom. The highest BCUT2D eigenvalue weighted by Gasteiger charge is 2.08. The molecule has 0 saturated carbocycles. The molecule has 0 aromatic heterocycles. The van der Waals surface area contributed by atoms with Crippen LogP contribution in [-0.2, 0) is 0 Å². The number of hydrogen-bond donors (Lipinski definition) is 2. The van der Waals surface area contributed by atoms with E-state index in [9.17, 15) is 4.79 Å². The second kappa shape index (κ2) is 11.5. The van der Waals surface area contributed by atoms with Gasteiger partial charge in [0.15, 0.2) is 5.78 Å². The normalized spacial score (nSPS) is 9.24. The van der Waals surface area contributed by atoms with Gasteiger partial charge in [-0.2, -0.15) is 0 Å². The molecule has 3 aromatic rings. The van der Waals surface area contributed by atoms with Crippen LogP contribution in [0.15, 0.2) is 91.0 Å². The van der Waals surface area contributed by atoms with E-state index in [2.05, 4.69) is 0 Å². The molecule has 130 valence electrons. The maximum absolute atomic E-state index is 11.3. The first-order chi connectivity index (χ1) is 12.0. The standard InChI is InChI=1S/C10H12O.2C6H6O/c1-8(2)10(11)9-6-4-3-5-7-9;2*7-6-4-2-1-3-5-6/h3-8H,1-2H3;2*1-5,7H. The summed E-state index contributed by atoms with van der Waals surface area (Å²) in [5.41, 5.74) is 0.808. The minimum atomic E-state index is 0.0948. The van der Waals surface area contributed by atoms with Gasteiger partial charge >= 0.3 is 0 Å². The summed E-state index contributed by atoms with van der Waals surface area (Å²) in [6.07, 6.45) is 0. The number of hydrogen-bond acceptors (Lipinski definition) is 3. The van der Waals surface area contributed by atoms with Crippen molar-refractivity contribution in [2.75, 3.05) is 0 Å². The lowest BCUT2D eigenvalue weighted by Gasteiger charge is -2.01. The smallest absolute Gasteiger partial charge is 0.165 e. The molecule has 0 fully saturated rings. The Morgan fingerprint density at radius 2 is 0.960 bits per heavy atom. The maximum atomic E-state index is 11.3. The summed E-state index contributed by atoms with van der Waals surface area (Å²) in [5, 5.41) is 17.3. The van der Waals surface area contributed by atoms with Crippen molar-refractivity contribution in [3.05, 3.63) is 96.6 Å². The van der Waals surface area contributed by atoms with E-state index in [1.807, 2.05) is 56.3 Å². The van der Waals surface area contributed by atoms with Gasteiger partial charge in [-0.25, -0.2) is 0 Å². The van der Waals surface area contributed by atoms with E-state index in [4.69, 9.17) is 10.2 Å². The van der Waals surface area contributed by atoms with Gasteiger partial charge < -0.3 is 10.2 Å². The van der Waals surface area contributed by atoms with Gasteiger partial charge in [0.2, 0.25) is 0 Å². The van der Waals surface area contributed by atoms with Crippen LogP contribution < -0.4 is 0 Å². The summed E-state index contributed by atoms with van der Waals surface area (Å²) in [6, 6.07) is 26.8. The molecule has 0 aliphatic carbocycles. The van der Waals surface area contributed by atoms with Crippen LogP contribution >= 0.6 is 0 Å². The van der Waals surface area contributed by atoms with Crippen molar-refractivity contribution in [1.82, 2.24) is 0 Å². The van der Waals surface area contributed by atoms with Gasteiger partial charge in [-0.05, 0) is 24.3 Å². The fraction of sp³-hybridized carbons (Fsp3) is 0.136. The predicted octanol–water partition coefficient (Wildman–Crippen LogP) is 5.31. The first kappa shape index (κ1) is 20.0. The number of carbonyl (C=O) groups is 1. The number of rotatable bonds is 2. The molecular formula is C22H24O3. The van der Waals surface area contributed by atoms with Gasteiger partial charge in [-0.15, -0.1) is 0 Å². The largest absolute Gasteiger partial charge is 0.508 e. The van der Waals surface area contributed by atoms with E-state index in [-0.39, 0.29) is 11.7 Å². The fourth-order valence-corrected chi connectivity index (χ4v) is 1.79. The van der Waals surface area contributed by atoms with Crippen LogP contribution in [0.1, 0.15) is 24.2 Å². The Balaban J connectivity index is 0.000000195. The molecular weight excluding hydrogens is 312 g/mol. The van der Waals surface area contributed by atoms with E-state index in [0.717, 1.165) is 5.56 Å². The van der Waals surface area contributed by atoms with Crippen LogP contribution in [0.25, 0.3) is 0 Å². The van der Waals surface area contributed by atoms with Crippen molar-refractivity contribution in [1.29, 1.82) is 0 Å². The van der Waals surface area contributed by atoms with Crippen molar-refractivity contribution in [2.45, 2.75) is 13.8 Å². The Morgan fingerprint density at radius 3 is 1.20 bits per heavy atom. The van der Waals surface area contributed by atoms with Crippen LogP contribution in [0.2, 0.25) is 0 Å². The lowest BCUT2D eigenvalue weighted by atomic mass is 10.0. The molecule has 0 bridgehead atoms. The Labute approximate surface area is 149 Å². The highest BCUT2D eigenvalue weighted by Crippen LogP contribution is 2.06. The lowest BCUT2D eigenvalue weighted by molar-refractivity contribution is 0.0939. The second-order valence-electron chi connectivity index (χ2n) is 5.56. The van der Waals surface area contributed by atoms with Crippen molar-refractivity contribution < 1.29 is 15.0 Å². The monoisotopic (exact) mass is 336 g/mol. The van der Waals surface area contributed by atoms with Gasteiger partial charge in [0.25, 0.3) is 0 Å². The number of para-hydroxylation sites is 2. The fourth-order valence-electron chi connectivity index (χ4n) is 1.79. The molecule has 3 heteroatoms. The van der Waals surface area contributed by atoms with Crippen molar-refractivity contribution in [3.8, 4) is 11.5 Å². The SMILES string of the molecule is CC(C)C(=O)c1ccccc1.Oc1ccccc1.Oc1ccccc1. The lowest BCUT2D eigenvalue weighted by Crippen LogP contribution is -2.06. The molecule has 0 heterocycles. The minimum absolute atomic E-state index is 0.0948. The zero-order chi connectivity index (χ0) is 18.5. The van der Waals surface area contributed by atoms with Crippen LogP contribution in [0.5, 0.6) is 11.5 Å². The summed E-state index contributed by atoms with van der Waals surface area (Å²) in [7, 11) is 0. The first-order valence-corrected chi connectivity index (χ1v) is 8.08. The molecule has 0 aliphatic rings. The number of aromatic hydroxyl groups is 2. The van der Waals surface area contributed by atoms with E-state index in [1.54, 1.807) is 48.5 Å². The molecule has 0 amide bonds. The van der Waals surface area contributed by atoms with Crippen LogP contribution in [0.4, 0.5) is 0 Å². The molecule has 0 aliphatic heterocycles. The van der Waals surface area contributed by atoms with E-state index in [0.29, 0.717) is 11.5 Å². The molecule has 0 spiro atoms. The number of ketones is 1. The van der Waals surface area contributed by atoms with Crippen LogP contribution in [-0.4, -0.2) is 16.0 Å². The summed E-state index contributed by atoms with van der Waals surface area (Å²) in [4.78, 5) is 11.3. The van der Waals surface area contributed by atoms with Crippen molar-refractivity contribution >= 4 is 5.78 Å². The Hall–Kier alpha value is -3.07. The average Bonchev–Trinajstić information content (AvgIpc) is 2.64. The van der Waals surface area contributed by atoms with Gasteiger partial charge in [-0.3, -0.25) is 4.79 Å². The number of carbonyl (C=O) groups excluding carboxylic acids is 1. The molecule has 0 unspecified atom stereocenters. The van der Waals surface area contributed by atoms with Gasteiger partial charge in [0.1, 0.15) is 11.5 Å². The molecule has 25 heavy (non-hydrogen) atoms. The third-order valence-corrected chi connectivity index (χ3v) is 3.10. The van der Waals surface area contributed by atoms with Gasteiger partial charge in [0.05, 0.1) is 0 Å². The number of phenols is 2. The molecule has 3 rings (SSSR count). The molecule has 0 atom stereocenters. The highest BCUT2D eigenvalue weighted by atomic mass is 16.3. The van der Waals surface area contributed by atoms with E-state index in [1.165, 1.54) is 0 Å². The highest BCUT2D eigenvalue weighted by molar-refractivity contribution is 5.97. The number of phenolic OH excluding ortho intramolecular Hbond substituents is 2. The van der Waals surface area contributed by atoms with E-state index < -0.39 is 0 Å². The maximum Gasteiger partial charge on any atom is 0.165 e. The minimum Gasteiger partial charge on any atom is -0.508 e. The second-order valence-corrected chi connectivity index (χ2v) is 5.56. The molecule has 3 nitrogen and oxygen atoms in total. The van der Waals surface area contributed by atoms with E-state index >= 15 is 0 Å². The number of Topliss-reactive ketones (excluding diaryl/α,β-unsaturated/α-hetero) is 1. The van der Waals surface area contributed by atoms with Crippen LogP contribution in [0, 0.1) is 5.92 Å². The summed E-state index contributed by atoms with van der Waals surface area (Å²) >= 11 is 0. The first-order valence-electron chi connectivity index (χ1n) is 8.08. The number of benzene rings is 3. The Kier molecular flexibility index (Phi) is 9.16. The topological polar surface area (TPSA) is 57.5 Å². The third-order valence-electron chi connectivity index (χ3n) is 3.10. The average molecular weight is 336 g/mol. The zero-order valence-electron chi connectivity index (χ0n) is 14.5. The molecule has 3 aromatic carbocycles.